The highest BCUT2D eigenvalue weighted by Gasteiger charge is 2.17. The first-order valence-corrected chi connectivity index (χ1v) is 11.4. The Morgan fingerprint density at radius 1 is 1.09 bits per heavy atom. The molecule has 0 radical (unpaired) electrons. The quantitative estimate of drug-likeness (QED) is 0.325. The highest BCUT2D eigenvalue weighted by molar-refractivity contribution is 7.99. The second-order valence-electron chi connectivity index (χ2n) is 7.42. The SMILES string of the molecule is CCCCn1c(=O)c2ccccc2n2c(SCC(=O)Nc3cccc(C(C)=O)c3)nnc12. The number of nitrogens with zero attached hydrogens (tertiary/aromatic N) is 4. The molecule has 1 amide bonds. The molecule has 164 valence electrons. The van der Waals surface area contributed by atoms with E-state index in [2.05, 4.69) is 22.4 Å². The van der Waals surface area contributed by atoms with E-state index < -0.39 is 0 Å². The highest BCUT2D eigenvalue weighted by Crippen LogP contribution is 2.22. The lowest BCUT2D eigenvalue weighted by Crippen LogP contribution is -2.23. The summed E-state index contributed by atoms with van der Waals surface area (Å²) in [4.78, 5) is 37.1. The van der Waals surface area contributed by atoms with E-state index in [4.69, 9.17) is 0 Å². The van der Waals surface area contributed by atoms with Crippen LogP contribution in [0.15, 0.2) is 58.5 Å². The fraction of sp³-hybridized carbons (Fsp3) is 0.261. The van der Waals surface area contributed by atoms with Gasteiger partial charge in [0.1, 0.15) is 0 Å². The van der Waals surface area contributed by atoms with Crippen LogP contribution in [0.25, 0.3) is 16.7 Å². The molecular weight excluding hydrogens is 426 g/mol. The second kappa shape index (κ2) is 9.35. The van der Waals surface area contributed by atoms with Crippen LogP contribution in [0.4, 0.5) is 5.69 Å². The van der Waals surface area contributed by atoms with E-state index in [9.17, 15) is 14.4 Å². The average Bonchev–Trinajstić information content (AvgIpc) is 3.22. The minimum atomic E-state index is -0.226. The van der Waals surface area contributed by atoms with Gasteiger partial charge >= 0.3 is 0 Å². The van der Waals surface area contributed by atoms with Gasteiger partial charge < -0.3 is 5.32 Å². The van der Waals surface area contributed by atoms with Crippen molar-refractivity contribution in [3.8, 4) is 0 Å². The lowest BCUT2D eigenvalue weighted by Gasteiger charge is -2.11. The van der Waals surface area contributed by atoms with E-state index in [-0.39, 0.29) is 23.0 Å². The molecule has 0 saturated heterocycles. The lowest BCUT2D eigenvalue weighted by molar-refractivity contribution is -0.113. The van der Waals surface area contributed by atoms with Gasteiger partial charge in [-0.2, -0.15) is 0 Å². The number of benzene rings is 2. The summed E-state index contributed by atoms with van der Waals surface area (Å²) in [6, 6.07) is 14.2. The van der Waals surface area contributed by atoms with Crippen molar-refractivity contribution in [2.45, 2.75) is 38.4 Å². The van der Waals surface area contributed by atoms with Gasteiger partial charge in [-0.15, -0.1) is 10.2 Å². The number of anilines is 1. The monoisotopic (exact) mass is 449 g/mol. The normalized spacial score (nSPS) is 11.2. The molecule has 0 spiro atoms. The van der Waals surface area contributed by atoms with Gasteiger partial charge in [-0.3, -0.25) is 23.4 Å². The molecule has 0 bridgehead atoms. The van der Waals surface area contributed by atoms with Crippen LogP contribution in [0.5, 0.6) is 0 Å². The van der Waals surface area contributed by atoms with E-state index in [1.165, 1.54) is 18.7 Å². The van der Waals surface area contributed by atoms with Gasteiger partial charge in [0.05, 0.1) is 16.7 Å². The third kappa shape index (κ3) is 4.29. The fourth-order valence-corrected chi connectivity index (χ4v) is 4.23. The average molecular weight is 450 g/mol. The number of rotatable bonds is 8. The summed E-state index contributed by atoms with van der Waals surface area (Å²) in [6.07, 6.45) is 1.80. The first kappa shape index (κ1) is 21.8. The van der Waals surface area contributed by atoms with Crippen LogP contribution >= 0.6 is 11.8 Å². The van der Waals surface area contributed by atoms with Crippen molar-refractivity contribution < 1.29 is 9.59 Å². The van der Waals surface area contributed by atoms with Crippen LogP contribution < -0.4 is 10.9 Å². The zero-order valence-electron chi connectivity index (χ0n) is 17.9. The number of Topliss-reactive ketones (excluding diaryl/α,β-unsaturated/α-hetero) is 1. The number of nitrogens with one attached hydrogen (secondary N) is 1. The van der Waals surface area contributed by atoms with E-state index in [1.807, 2.05) is 22.6 Å². The summed E-state index contributed by atoms with van der Waals surface area (Å²) in [6.45, 7) is 4.11. The third-order valence-corrected chi connectivity index (χ3v) is 6.03. The van der Waals surface area contributed by atoms with Crippen molar-refractivity contribution in [3.63, 3.8) is 0 Å². The van der Waals surface area contributed by atoms with E-state index in [0.29, 0.717) is 39.6 Å². The van der Waals surface area contributed by atoms with Crippen LogP contribution in [-0.4, -0.2) is 36.6 Å². The zero-order chi connectivity index (χ0) is 22.7. The van der Waals surface area contributed by atoms with E-state index in [1.54, 1.807) is 34.9 Å². The van der Waals surface area contributed by atoms with Gasteiger partial charge in [0, 0.05) is 17.8 Å². The summed E-state index contributed by atoms with van der Waals surface area (Å²) in [5.41, 5.74) is 1.72. The molecule has 0 aliphatic carbocycles. The highest BCUT2D eigenvalue weighted by atomic mass is 32.2. The van der Waals surface area contributed by atoms with Crippen molar-refractivity contribution in [1.29, 1.82) is 0 Å². The Kier molecular flexibility index (Phi) is 6.36. The van der Waals surface area contributed by atoms with Crippen molar-refractivity contribution in [1.82, 2.24) is 19.2 Å². The molecule has 0 unspecified atom stereocenters. The Morgan fingerprint density at radius 2 is 1.91 bits per heavy atom. The summed E-state index contributed by atoms with van der Waals surface area (Å²) >= 11 is 1.24. The molecule has 2 heterocycles. The topological polar surface area (TPSA) is 98.4 Å². The molecule has 0 aliphatic rings. The van der Waals surface area contributed by atoms with Crippen molar-refractivity contribution in [2.75, 3.05) is 11.1 Å². The second-order valence-corrected chi connectivity index (χ2v) is 8.36. The summed E-state index contributed by atoms with van der Waals surface area (Å²) in [5, 5.41) is 12.5. The third-order valence-electron chi connectivity index (χ3n) is 5.10. The van der Waals surface area contributed by atoms with E-state index in [0.717, 1.165) is 12.8 Å². The number of para-hydroxylation sites is 1. The number of aryl methyl sites for hydroxylation is 1. The maximum Gasteiger partial charge on any atom is 0.262 e. The fourth-order valence-electron chi connectivity index (χ4n) is 3.49. The van der Waals surface area contributed by atoms with Crippen LogP contribution in [-0.2, 0) is 11.3 Å². The Bertz CT molecular complexity index is 1380. The number of thioether (sulfide) groups is 1. The first-order valence-electron chi connectivity index (χ1n) is 10.4. The number of amides is 1. The molecule has 4 aromatic rings. The Hall–Kier alpha value is -3.46. The molecule has 2 aromatic carbocycles. The van der Waals surface area contributed by atoms with E-state index >= 15 is 0 Å². The number of fused-ring (bicyclic) bond motifs is 3. The number of hydrogen-bond acceptors (Lipinski definition) is 6. The van der Waals surface area contributed by atoms with Gasteiger partial charge in [-0.05, 0) is 37.6 Å². The molecule has 0 fully saturated rings. The van der Waals surface area contributed by atoms with Gasteiger partial charge in [0.25, 0.3) is 5.56 Å². The molecule has 2 aromatic heterocycles. The van der Waals surface area contributed by atoms with Gasteiger partial charge in [-0.25, -0.2) is 0 Å². The van der Waals surface area contributed by atoms with Crippen molar-refractivity contribution in [2.24, 2.45) is 0 Å². The maximum absolute atomic E-state index is 13.0. The van der Waals surface area contributed by atoms with Crippen LogP contribution in [0.1, 0.15) is 37.0 Å². The zero-order valence-corrected chi connectivity index (χ0v) is 18.7. The molecule has 0 saturated carbocycles. The molecule has 32 heavy (non-hydrogen) atoms. The van der Waals surface area contributed by atoms with Crippen LogP contribution in [0, 0.1) is 0 Å². The molecule has 0 atom stereocenters. The van der Waals surface area contributed by atoms with Crippen LogP contribution in [0.3, 0.4) is 0 Å². The predicted octanol–water partition coefficient (Wildman–Crippen LogP) is 3.78. The number of carbonyl (C=O) groups excluding carboxylic acids is 2. The number of unbranched alkanes of at least 4 members (excludes halogenated alkanes) is 1. The summed E-state index contributed by atoms with van der Waals surface area (Å²) < 4.78 is 3.48. The summed E-state index contributed by atoms with van der Waals surface area (Å²) in [7, 11) is 0. The number of aromatic nitrogens is 4. The molecule has 9 heteroatoms. The van der Waals surface area contributed by atoms with Crippen molar-refractivity contribution in [3.05, 3.63) is 64.4 Å². The van der Waals surface area contributed by atoms with Gasteiger partial charge in [0.2, 0.25) is 11.7 Å². The molecule has 4 rings (SSSR count). The summed E-state index contributed by atoms with van der Waals surface area (Å²) in [5.74, 6) is 0.287. The first-order chi connectivity index (χ1) is 15.5. The minimum Gasteiger partial charge on any atom is -0.325 e. The Labute approximate surface area is 188 Å². The predicted molar refractivity (Wildman–Crippen MR) is 125 cm³/mol. The minimum absolute atomic E-state index is 0.0635. The number of ketones is 1. The van der Waals surface area contributed by atoms with Gasteiger partial charge in [-0.1, -0.05) is 49.4 Å². The smallest absolute Gasteiger partial charge is 0.262 e. The molecular formula is C23H23N5O3S. The van der Waals surface area contributed by atoms with Crippen LogP contribution in [0.2, 0.25) is 0 Å². The molecule has 0 aliphatic heterocycles. The van der Waals surface area contributed by atoms with Gasteiger partial charge in [0.15, 0.2) is 10.9 Å². The largest absolute Gasteiger partial charge is 0.325 e. The number of carbonyl (C=O) groups is 2. The Balaban J connectivity index is 1.62. The number of hydrogen-bond donors (Lipinski definition) is 1. The molecule has 8 nitrogen and oxygen atoms in total. The maximum atomic E-state index is 13.0. The Morgan fingerprint density at radius 3 is 2.69 bits per heavy atom. The standard InChI is InChI=1S/C23H23N5O3S/c1-3-4-12-27-21(31)18-10-5-6-11-19(18)28-22(27)25-26-23(28)32-14-20(30)24-17-9-7-8-16(13-17)15(2)29/h5-11,13H,3-4,12,14H2,1-2H3,(H,24,30). The lowest BCUT2D eigenvalue weighted by atomic mass is 10.1. The molecule has 1 N–H and O–H groups in total. The van der Waals surface area contributed by atoms with Crippen molar-refractivity contribution >= 4 is 45.8 Å².